The smallest absolute Gasteiger partial charge is 0.133 e. The molecule has 3 nitrogen and oxygen atoms in total. The van der Waals surface area contributed by atoms with Crippen molar-refractivity contribution in [1.29, 1.82) is 0 Å². The molecule has 3 atom stereocenters. The Labute approximate surface area is 123 Å². The summed E-state index contributed by atoms with van der Waals surface area (Å²) in [5.41, 5.74) is 1.11. The maximum Gasteiger partial charge on any atom is 0.133 e. The molecule has 0 radical (unpaired) electrons. The molecule has 1 aliphatic rings. The number of rotatable bonds is 5. The Hall–Kier alpha value is -0.580. The molecule has 4 heteroatoms. The second-order valence-corrected chi connectivity index (χ2v) is 5.86. The van der Waals surface area contributed by atoms with Crippen molar-refractivity contribution < 1.29 is 14.6 Å². The van der Waals surface area contributed by atoms with E-state index in [0.717, 1.165) is 35.2 Å². The molecule has 1 aromatic carbocycles. The molecule has 2 rings (SSSR count). The van der Waals surface area contributed by atoms with Gasteiger partial charge in [0.05, 0.1) is 23.8 Å². The van der Waals surface area contributed by atoms with E-state index in [1.807, 2.05) is 18.2 Å². The van der Waals surface area contributed by atoms with Crippen molar-refractivity contribution in [3.05, 3.63) is 28.2 Å². The number of hydrogen-bond acceptors (Lipinski definition) is 3. The van der Waals surface area contributed by atoms with Crippen LogP contribution in [0.15, 0.2) is 22.7 Å². The molecule has 0 bridgehead atoms. The molecular weight excluding hydrogens is 308 g/mol. The van der Waals surface area contributed by atoms with Crippen LogP contribution in [0, 0.1) is 5.92 Å². The van der Waals surface area contributed by atoms with Gasteiger partial charge in [-0.3, -0.25) is 0 Å². The molecule has 3 unspecified atom stereocenters. The maximum absolute atomic E-state index is 10.4. The number of ether oxygens (including phenoxy) is 2. The lowest BCUT2D eigenvalue weighted by atomic mass is 9.89. The molecule has 1 N–H and O–H groups in total. The first kappa shape index (κ1) is 14.8. The normalized spacial score (nSPS) is 24.4. The molecule has 0 aromatic heterocycles. The summed E-state index contributed by atoms with van der Waals surface area (Å²) in [6.45, 7) is 2.88. The zero-order chi connectivity index (χ0) is 13.8. The fourth-order valence-corrected chi connectivity index (χ4v) is 3.34. The van der Waals surface area contributed by atoms with Crippen LogP contribution in [-0.4, -0.2) is 31.0 Å². The highest BCUT2D eigenvalue weighted by molar-refractivity contribution is 9.10. The quantitative estimate of drug-likeness (QED) is 0.902. The highest BCUT2D eigenvalue weighted by Gasteiger charge is 2.32. The Morgan fingerprint density at radius 2 is 2.32 bits per heavy atom. The number of halogens is 1. The molecule has 1 aliphatic heterocycles. The minimum atomic E-state index is -0.340. The van der Waals surface area contributed by atoms with Gasteiger partial charge in [-0.2, -0.15) is 0 Å². The number of methoxy groups -OCH3 is 1. The predicted molar refractivity (Wildman–Crippen MR) is 78.5 cm³/mol. The third kappa shape index (κ3) is 3.50. The van der Waals surface area contributed by atoms with E-state index >= 15 is 0 Å². The summed E-state index contributed by atoms with van der Waals surface area (Å²) in [6.07, 6.45) is 2.45. The van der Waals surface area contributed by atoms with E-state index in [4.69, 9.17) is 9.47 Å². The van der Waals surface area contributed by atoms with E-state index in [-0.39, 0.29) is 18.1 Å². The van der Waals surface area contributed by atoms with Crippen LogP contribution in [0.1, 0.15) is 25.3 Å². The summed E-state index contributed by atoms with van der Waals surface area (Å²) in [5.74, 6) is 1.07. The van der Waals surface area contributed by atoms with Gasteiger partial charge in [0, 0.05) is 12.5 Å². The molecule has 0 amide bonds. The van der Waals surface area contributed by atoms with Crippen molar-refractivity contribution in [2.75, 3.05) is 13.7 Å². The lowest BCUT2D eigenvalue weighted by Crippen LogP contribution is -2.29. The van der Waals surface area contributed by atoms with Gasteiger partial charge in [0.2, 0.25) is 0 Å². The van der Waals surface area contributed by atoms with Crippen molar-refractivity contribution in [3.63, 3.8) is 0 Å². The Kier molecular flexibility index (Phi) is 5.25. The first-order valence-electron chi connectivity index (χ1n) is 6.77. The third-order valence-electron chi connectivity index (χ3n) is 3.82. The largest absolute Gasteiger partial charge is 0.496 e. The van der Waals surface area contributed by atoms with E-state index < -0.39 is 0 Å². The standard InChI is InChI=1S/C15H21BrO3/c1-3-14-11(6-7-19-14)13(17)9-10-4-5-15(18-2)12(16)8-10/h4-5,8,11,13-14,17H,3,6-7,9H2,1-2H3. The molecule has 1 fully saturated rings. The SMILES string of the molecule is CCC1OCCC1C(O)Cc1ccc(OC)c(Br)c1. The maximum atomic E-state index is 10.4. The fourth-order valence-electron chi connectivity index (χ4n) is 2.76. The van der Waals surface area contributed by atoms with Crippen LogP contribution in [0.2, 0.25) is 0 Å². The number of benzene rings is 1. The topological polar surface area (TPSA) is 38.7 Å². The molecule has 0 aliphatic carbocycles. The van der Waals surface area contributed by atoms with Gasteiger partial charge >= 0.3 is 0 Å². The number of aliphatic hydroxyl groups is 1. The van der Waals surface area contributed by atoms with E-state index in [0.29, 0.717) is 6.42 Å². The minimum absolute atomic E-state index is 0.205. The van der Waals surface area contributed by atoms with Gasteiger partial charge in [-0.1, -0.05) is 13.0 Å². The van der Waals surface area contributed by atoms with Crippen molar-refractivity contribution in [1.82, 2.24) is 0 Å². The average Bonchev–Trinajstić information content (AvgIpc) is 2.87. The van der Waals surface area contributed by atoms with Crippen LogP contribution < -0.4 is 4.74 Å². The Morgan fingerprint density at radius 3 is 2.95 bits per heavy atom. The van der Waals surface area contributed by atoms with E-state index in [9.17, 15) is 5.11 Å². The second-order valence-electron chi connectivity index (χ2n) is 5.01. The third-order valence-corrected chi connectivity index (χ3v) is 4.44. The van der Waals surface area contributed by atoms with Gasteiger partial charge in [-0.25, -0.2) is 0 Å². The van der Waals surface area contributed by atoms with Gasteiger partial charge in [0.15, 0.2) is 0 Å². The number of aliphatic hydroxyl groups excluding tert-OH is 1. The first-order valence-corrected chi connectivity index (χ1v) is 7.57. The molecule has 106 valence electrons. The van der Waals surface area contributed by atoms with E-state index in [1.54, 1.807) is 7.11 Å². The highest BCUT2D eigenvalue weighted by atomic mass is 79.9. The monoisotopic (exact) mass is 328 g/mol. The van der Waals surface area contributed by atoms with Crippen molar-refractivity contribution in [2.24, 2.45) is 5.92 Å². The Balaban J connectivity index is 2.02. The van der Waals surface area contributed by atoms with Gasteiger partial charge in [-0.05, 0) is 52.9 Å². The zero-order valence-electron chi connectivity index (χ0n) is 11.4. The van der Waals surface area contributed by atoms with Gasteiger partial charge in [0.1, 0.15) is 5.75 Å². The van der Waals surface area contributed by atoms with Gasteiger partial charge < -0.3 is 14.6 Å². The summed E-state index contributed by atoms with van der Waals surface area (Å²) in [4.78, 5) is 0. The summed E-state index contributed by atoms with van der Waals surface area (Å²) in [7, 11) is 1.65. The second kappa shape index (κ2) is 6.73. The van der Waals surface area contributed by atoms with Crippen LogP contribution in [-0.2, 0) is 11.2 Å². The Morgan fingerprint density at radius 1 is 1.53 bits per heavy atom. The predicted octanol–water partition coefficient (Wildman–Crippen LogP) is 3.18. The van der Waals surface area contributed by atoms with Crippen LogP contribution in [0.3, 0.4) is 0 Å². The van der Waals surface area contributed by atoms with Crippen molar-refractivity contribution in [2.45, 2.75) is 38.4 Å². The fraction of sp³-hybridized carbons (Fsp3) is 0.600. The minimum Gasteiger partial charge on any atom is -0.496 e. The van der Waals surface area contributed by atoms with Crippen LogP contribution in [0.25, 0.3) is 0 Å². The summed E-state index contributed by atoms with van der Waals surface area (Å²) in [6, 6.07) is 5.94. The molecule has 0 saturated carbocycles. The molecule has 0 spiro atoms. The first-order chi connectivity index (χ1) is 9.15. The average molecular weight is 329 g/mol. The van der Waals surface area contributed by atoms with E-state index in [2.05, 4.69) is 22.9 Å². The van der Waals surface area contributed by atoms with Crippen LogP contribution in [0.5, 0.6) is 5.75 Å². The van der Waals surface area contributed by atoms with Crippen LogP contribution >= 0.6 is 15.9 Å². The van der Waals surface area contributed by atoms with E-state index in [1.165, 1.54) is 0 Å². The molecule has 19 heavy (non-hydrogen) atoms. The van der Waals surface area contributed by atoms with Crippen molar-refractivity contribution in [3.8, 4) is 5.75 Å². The summed E-state index contributed by atoms with van der Waals surface area (Å²) < 4.78 is 11.8. The molecule has 1 saturated heterocycles. The van der Waals surface area contributed by atoms with Gasteiger partial charge in [-0.15, -0.1) is 0 Å². The lowest BCUT2D eigenvalue weighted by Gasteiger charge is -2.23. The van der Waals surface area contributed by atoms with Crippen molar-refractivity contribution >= 4 is 15.9 Å². The molecular formula is C15H21BrO3. The summed E-state index contributed by atoms with van der Waals surface area (Å²) in [5, 5.41) is 10.4. The Bertz CT molecular complexity index is 422. The highest BCUT2D eigenvalue weighted by Crippen LogP contribution is 2.30. The number of hydrogen-bond donors (Lipinski definition) is 1. The molecule has 1 aromatic rings. The summed E-state index contributed by atoms with van der Waals surface area (Å²) >= 11 is 3.47. The zero-order valence-corrected chi connectivity index (χ0v) is 13.0. The van der Waals surface area contributed by atoms with Crippen LogP contribution in [0.4, 0.5) is 0 Å². The lowest BCUT2D eigenvalue weighted by molar-refractivity contribution is 0.0317. The molecule has 1 heterocycles. The van der Waals surface area contributed by atoms with Gasteiger partial charge in [0.25, 0.3) is 0 Å².